The maximum atomic E-state index is 4.39. The van der Waals surface area contributed by atoms with Crippen molar-refractivity contribution in [1.82, 2.24) is 15.3 Å². The van der Waals surface area contributed by atoms with Gasteiger partial charge in [-0.3, -0.25) is 4.98 Å². The summed E-state index contributed by atoms with van der Waals surface area (Å²) < 4.78 is 0. The summed E-state index contributed by atoms with van der Waals surface area (Å²) in [5, 5.41) is 5.05. The van der Waals surface area contributed by atoms with Crippen molar-refractivity contribution >= 4 is 10.9 Å². The third-order valence-electron chi connectivity index (χ3n) is 4.37. The molecular formula is C18H19N3. The topological polar surface area (TPSA) is 40.7 Å². The number of rotatable bonds is 3. The Morgan fingerprint density at radius 2 is 2.05 bits per heavy atom. The third kappa shape index (κ3) is 2.34. The number of aryl methyl sites for hydroxylation is 1. The summed E-state index contributed by atoms with van der Waals surface area (Å²) >= 11 is 0. The summed E-state index contributed by atoms with van der Waals surface area (Å²) in [5.41, 5.74) is 5.23. The van der Waals surface area contributed by atoms with Crippen LogP contribution < -0.4 is 5.32 Å². The largest absolute Gasteiger partial charge is 0.357 e. The summed E-state index contributed by atoms with van der Waals surface area (Å²) in [6.07, 6.45) is 5.47. The summed E-state index contributed by atoms with van der Waals surface area (Å²) in [6, 6.07) is 15.1. The highest BCUT2D eigenvalue weighted by Crippen LogP contribution is 2.34. The van der Waals surface area contributed by atoms with E-state index in [2.05, 4.69) is 45.6 Å². The summed E-state index contributed by atoms with van der Waals surface area (Å²) in [4.78, 5) is 8.01. The predicted molar refractivity (Wildman–Crippen MR) is 85.1 cm³/mol. The average Bonchev–Trinajstić information content (AvgIpc) is 2.93. The van der Waals surface area contributed by atoms with Gasteiger partial charge in [-0.2, -0.15) is 0 Å². The molecule has 0 saturated carbocycles. The second-order valence-corrected chi connectivity index (χ2v) is 5.71. The van der Waals surface area contributed by atoms with Gasteiger partial charge in [0, 0.05) is 35.4 Å². The molecule has 0 amide bonds. The highest BCUT2D eigenvalue weighted by atomic mass is 15.0. The molecule has 3 aromatic rings. The molecule has 1 aromatic carbocycles. The Morgan fingerprint density at radius 3 is 2.95 bits per heavy atom. The zero-order valence-electron chi connectivity index (χ0n) is 12.0. The van der Waals surface area contributed by atoms with Crippen molar-refractivity contribution in [3.8, 4) is 0 Å². The van der Waals surface area contributed by atoms with Crippen LogP contribution in [-0.2, 0) is 13.0 Å². The van der Waals surface area contributed by atoms with E-state index in [0.29, 0.717) is 6.04 Å². The van der Waals surface area contributed by atoms with Gasteiger partial charge in [-0.1, -0.05) is 24.3 Å². The number of aromatic amines is 1. The normalized spacial score (nSPS) is 17.8. The lowest BCUT2D eigenvalue weighted by Crippen LogP contribution is -2.25. The van der Waals surface area contributed by atoms with Gasteiger partial charge < -0.3 is 10.3 Å². The first kappa shape index (κ1) is 12.6. The Morgan fingerprint density at radius 1 is 1.14 bits per heavy atom. The molecule has 0 saturated heterocycles. The SMILES string of the molecule is c1ccc(CNC2CCCc3c2[nH]c2ccccc32)nc1. The number of nitrogens with zero attached hydrogens (tertiary/aromatic N) is 1. The smallest absolute Gasteiger partial charge is 0.0541 e. The molecule has 2 heterocycles. The molecule has 3 nitrogen and oxygen atoms in total. The second-order valence-electron chi connectivity index (χ2n) is 5.71. The number of hydrogen-bond acceptors (Lipinski definition) is 2. The Balaban J connectivity index is 1.61. The van der Waals surface area contributed by atoms with E-state index < -0.39 is 0 Å². The van der Waals surface area contributed by atoms with Gasteiger partial charge in [0.1, 0.15) is 0 Å². The van der Waals surface area contributed by atoms with E-state index in [0.717, 1.165) is 12.2 Å². The zero-order chi connectivity index (χ0) is 14.1. The predicted octanol–water partition coefficient (Wildman–Crippen LogP) is 3.73. The van der Waals surface area contributed by atoms with E-state index in [4.69, 9.17) is 0 Å². The highest BCUT2D eigenvalue weighted by molar-refractivity contribution is 5.85. The number of para-hydroxylation sites is 1. The Bertz CT molecular complexity index is 746. The molecule has 1 aliphatic carbocycles. The Labute approximate surface area is 124 Å². The maximum Gasteiger partial charge on any atom is 0.0541 e. The number of pyridine rings is 1. The lowest BCUT2D eigenvalue weighted by Gasteiger charge is -2.23. The second kappa shape index (κ2) is 5.34. The van der Waals surface area contributed by atoms with Crippen LogP contribution in [0.15, 0.2) is 48.7 Å². The van der Waals surface area contributed by atoms with Crippen molar-refractivity contribution in [2.75, 3.05) is 0 Å². The van der Waals surface area contributed by atoms with E-state index in [-0.39, 0.29) is 0 Å². The van der Waals surface area contributed by atoms with Gasteiger partial charge in [0.25, 0.3) is 0 Å². The van der Waals surface area contributed by atoms with Gasteiger partial charge >= 0.3 is 0 Å². The monoisotopic (exact) mass is 277 g/mol. The van der Waals surface area contributed by atoms with Crippen molar-refractivity contribution in [2.24, 2.45) is 0 Å². The molecule has 0 bridgehead atoms. The lowest BCUT2D eigenvalue weighted by molar-refractivity contribution is 0.450. The first-order chi connectivity index (χ1) is 10.4. The van der Waals surface area contributed by atoms with Gasteiger partial charge in [0.05, 0.1) is 5.69 Å². The molecule has 106 valence electrons. The van der Waals surface area contributed by atoms with Crippen LogP contribution in [0, 0.1) is 0 Å². The minimum atomic E-state index is 0.406. The molecule has 0 aliphatic heterocycles. The summed E-state index contributed by atoms with van der Waals surface area (Å²) in [5.74, 6) is 0. The number of hydrogen-bond donors (Lipinski definition) is 2. The van der Waals surface area contributed by atoms with Crippen LogP contribution in [0.25, 0.3) is 10.9 Å². The first-order valence-corrected chi connectivity index (χ1v) is 7.64. The minimum Gasteiger partial charge on any atom is -0.357 e. The molecule has 3 heteroatoms. The van der Waals surface area contributed by atoms with Crippen LogP contribution in [0.2, 0.25) is 0 Å². The van der Waals surface area contributed by atoms with Gasteiger partial charge in [-0.05, 0) is 43.0 Å². The standard InChI is InChI=1S/C18H19N3/c1-2-9-16-14(7-1)15-8-5-10-17(18(15)21-16)20-12-13-6-3-4-11-19-13/h1-4,6-7,9,11,17,20-21H,5,8,10,12H2. The molecule has 2 N–H and O–H groups in total. The van der Waals surface area contributed by atoms with Crippen LogP contribution in [-0.4, -0.2) is 9.97 Å². The van der Waals surface area contributed by atoms with Gasteiger partial charge in [0.2, 0.25) is 0 Å². The van der Waals surface area contributed by atoms with E-state index in [1.165, 1.54) is 41.4 Å². The maximum absolute atomic E-state index is 4.39. The van der Waals surface area contributed by atoms with Gasteiger partial charge in [-0.25, -0.2) is 0 Å². The van der Waals surface area contributed by atoms with Crippen LogP contribution in [0.5, 0.6) is 0 Å². The zero-order valence-corrected chi connectivity index (χ0v) is 12.0. The first-order valence-electron chi connectivity index (χ1n) is 7.64. The quantitative estimate of drug-likeness (QED) is 0.766. The molecule has 0 spiro atoms. The van der Waals surface area contributed by atoms with Crippen LogP contribution >= 0.6 is 0 Å². The van der Waals surface area contributed by atoms with Crippen LogP contribution in [0.4, 0.5) is 0 Å². The van der Waals surface area contributed by atoms with E-state index in [9.17, 15) is 0 Å². The average molecular weight is 277 g/mol. The Kier molecular flexibility index (Phi) is 3.20. The lowest BCUT2D eigenvalue weighted by atomic mass is 9.91. The molecule has 1 atom stereocenters. The van der Waals surface area contributed by atoms with Crippen LogP contribution in [0.3, 0.4) is 0 Å². The van der Waals surface area contributed by atoms with Crippen molar-refractivity contribution in [2.45, 2.75) is 31.8 Å². The molecule has 0 fully saturated rings. The fourth-order valence-corrected chi connectivity index (χ4v) is 3.35. The molecule has 1 unspecified atom stereocenters. The van der Waals surface area contributed by atoms with E-state index in [1.54, 1.807) is 0 Å². The molecule has 2 aromatic heterocycles. The fraction of sp³-hybridized carbons (Fsp3) is 0.278. The fourth-order valence-electron chi connectivity index (χ4n) is 3.35. The number of benzene rings is 1. The minimum absolute atomic E-state index is 0.406. The summed E-state index contributed by atoms with van der Waals surface area (Å²) in [7, 11) is 0. The highest BCUT2D eigenvalue weighted by Gasteiger charge is 2.23. The number of nitrogens with one attached hydrogen (secondary N) is 2. The molecular weight excluding hydrogens is 258 g/mol. The van der Waals surface area contributed by atoms with E-state index >= 15 is 0 Å². The van der Waals surface area contributed by atoms with Crippen molar-refractivity contribution in [1.29, 1.82) is 0 Å². The van der Waals surface area contributed by atoms with Gasteiger partial charge in [-0.15, -0.1) is 0 Å². The number of fused-ring (bicyclic) bond motifs is 3. The molecule has 21 heavy (non-hydrogen) atoms. The van der Waals surface area contributed by atoms with Crippen molar-refractivity contribution < 1.29 is 0 Å². The molecule has 1 aliphatic rings. The van der Waals surface area contributed by atoms with Crippen molar-refractivity contribution in [3.05, 3.63) is 65.6 Å². The molecule has 0 radical (unpaired) electrons. The van der Waals surface area contributed by atoms with Gasteiger partial charge in [0.15, 0.2) is 0 Å². The summed E-state index contributed by atoms with van der Waals surface area (Å²) in [6.45, 7) is 0.820. The molecule has 4 rings (SSSR count). The third-order valence-corrected chi connectivity index (χ3v) is 4.37. The number of H-pyrrole nitrogens is 1. The van der Waals surface area contributed by atoms with Crippen molar-refractivity contribution in [3.63, 3.8) is 0 Å². The van der Waals surface area contributed by atoms with Crippen LogP contribution in [0.1, 0.15) is 35.8 Å². The number of aromatic nitrogens is 2. The van der Waals surface area contributed by atoms with E-state index in [1.807, 2.05) is 18.3 Å². The Hall–Kier alpha value is -2.13.